The van der Waals surface area contributed by atoms with Crippen LogP contribution in [0.2, 0.25) is 0 Å². The second kappa shape index (κ2) is 4.13. The molecule has 0 radical (unpaired) electrons. The zero-order valence-electron chi connectivity index (χ0n) is 9.73. The van der Waals surface area contributed by atoms with Crippen molar-refractivity contribution < 1.29 is 9.18 Å². The highest BCUT2D eigenvalue weighted by Crippen LogP contribution is 2.30. The maximum absolute atomic E-state index is 12.9. The van der Waals surface area contributed by atoms with Crippen molar-refractivity contribution in [3.63, 3.8) is 0 Å². The lowest BCUT2D eigenvalue weighted by Gasteiger charge is -2.25. The van der Waals surface area contributed by atoms with Crippen molar-refractivity contribution in [1.29, 1.82) is 0 Å². The number of carbonyl (C=O) groups is 1. The predicted octanol–water partition coefficient (Wildman–Crippen LogP) is 3.39. The molecule has 0 spiro atoms. The van der Waals surface area contributed by atoms with E-state index in [4.69, 9.17) is 0 Å². The molecule has 0 aliphatic carbocycles. The van der Waals surface area contributed by atoms with Crippen molar-refractivity contribution in [2.75, 3.05) is 0 Å². The molecule has 0 aliphatic heterocycles. The minimum Gasteiger partial charge on any atom is -0.300 e. The summed E-state index contributed by atoms with van der Waals surface area (Å²) in [6.07, 6.45) is 0.486. The Morgan fingerprint density at radius 3 is 2.47 bits per heavy atom. The topological polar surface area (TPSA) is 17.1 Å². The summed E-state index contributed by atoms with van der Waals surface area (Å²) in [4.78, 5) is 11.1. The van der Waals surface area contributed by atoms with Gasteiger partial charge in [0.15, 0.2) is 0 Å². The number of hydrogen-bond donors (Lipinski definition) is 0. The van der Waals surface area contributed by atoms with Gasteiger partial charge in [-0.25, -0.2) is 4.39 Å². The number of carbonyl (C=O) groups excluding carboxylic acids is 1. The van der Waals surface area contributed by atoms with Crippen LogP contribution in [0.15, 0.2) is 18.2 Å². The molecule has 0 saturated heterocycles. The summed E-state index contributed by atoms with van der Waals surface area (Å²) in [5, 5.41) is 0. The normalized spacial score (nSPS) is 11.5. The maximum Gasteiger partial charge on any atom is 0.130 e. The smallest absolute Gasteiger partial charge is 0.130 e. The molecule has 15 heavy (non-hydrogen) atoms. The highest BCUT2D eigenvalue weighted by atomic mass is 19.1. The second-order valence-corrected chi connectivity index (χ2v) is 4.72. The van der Waals surface area contributed by atoms with Crippen molar-refractivity contribution in [3.8, 4) is 0 Å². The van der Waals surface area contributed by atoms with Crippen LogP contribution in [0.25, 0.3) is 0 Å². The molecule has 82 valence electrons. The number of rotatable bonds is 3. The zero-order chi connectivity index (χ0) is 11.6. The molecule has 0 fully saturated rings. The van der Waals surface area contributed by atoms with Gasteiger partial charge in [0.1, 0.15) is 11.6 Å². The van der Waals surface area contributed by atoms with Gasteiger partial charge in [-0.2, -0.15) is 0 Å². The Kier molecular flexibility index (Phi) is 3.28. The summed E-state index contributed by atoms with van der Waals surface area (Å²) in [7, 11) is 0. The van der Waals surface area contributed by atoms with Crippen LogP contribution < -0.4 is 0 Å². The van der Waals surface area contributed by atoms with Gasteiger partial charge in [-0.3, -0.25) is 4.79 Å². The van der Waals surface area contributed by atoms with Crippen LogP contribution in [0.1, 0.15) is 38.3 Å². The summed E-state index contributed by atoms with van der Waals surface area (Å²) in [6, 6.07) is 4.73. The predicted molar refractivity (Wildman–Crippen MR) is 59.5 cm³/mol. The summed E-state index contributed by atoms with van der Waals surface area (Å²) in [5.74, 6) is -0.0707. The van der Waals surface area contributed by atoms with E-state index in [9.17, 15) is 9.18 Å². The van der Waals surface area contributed by atoms with Gasteiger partial charge in [-0.15, -0.1) is 0 Å². The molecule has 2 heteroatoms. The summed E-state index contributed by atoms with van der Waals surface area (Å²) >= 11 is 0. The first-order chi connectivity index (χ1) is 6.83. The monoisotopic (exact) mass is 208 g/mol. The first-order valence-corrected chi connectivity index (χ1v) is 5.09. The molecule has 0 unspecified atom stereocenters. The van der Waals surface area contributed by atoms with E-state index in [1.54, 1.807) is 13.0 Å². The van der Waals surface area contributed by atoms with Crippen molar-refractivity contribution in [2.45, 2.75) is 39.5 Å². The number of aryl methyl sites for hydroxylation is 1. The van der Waals surface area contributed by atoms with E-state index in [1.165, 1.54) is 12.1 Å². The Morgan fingerprint density at radius 1 is 1.40 bits per heavy atom. The first-order valence-electron chi connectivity index (χ1n) is 5.09. The van der Waals surface area contributed by atoms with E-state index in [0.29, 0.717) is 6.42 Å². The molecule has 0 atom stereocenters. The lowest BCUT2D eigenvalue weighted by atomic mass is 9.78. The highest BCUT2D eigenvalue weighted by Gasteiger charge is 2.24. The largest absolute Gasteiger partial charge is 0.300 e. The molecule has 1 rings (SSSR count). The summed E-state index contributed by atoms with van der Waals surface area (Å²) in [6.45, 7) is 7.48. The lowest BCUT2D eigenvalue weighted by molar-refractivity contribution is -0.118. The molecule has 1 nitrogen and oxygen atoms in total. The highest BCUT2D eigenvalue weighted by molar-refractivity contribution is 5.77. The quantitative estimate of drug-likeness (QED) is 0.744. The Bertz CT molecular complexity index is 380. The van der Waals surface area contributed by atoms with Gasteiger partial charge in [-0.05, 0) is 42.5 Å². The summed E-state index contributed by atoms with van der Waals surface area (Å²) < 4.78 is 12.9. The van der Waals surface area contributed by atoms with E-state index >= 15 is 0 Å². The van der Waals surface area contributed by atoms with Crippen LogP contribution in [-0.2, 0) is 10.2 Å². The number of Topliss-reactive ketones (excluding diaryl/α,β-unsaturated/α-hetero) is 1. The second-order valence-electron chi connectivity index (χ2n) is 4.72. The van der Waals surface area contributed by atoms with Crippen LogP contribution in [0.5, 0.6) is 0 Å². The van der Waals surface area contributed by atoms with Crippen LogP contribution in [-0.4, -0.2) is 5.78 Å². The number of hydrogen-bond acceptors (Lipinski definition) is 1. The average Bonchev–Trinajstić information content (AvgIpc) is 1.99. The van der Waals surface area contributed by atoms with Gasteiger partial charge in [0.05, 0.1) is 0 Å². The number of halogens is 1. The van der Waals surface area contributed by atoms with E-state index in [2.05, 4.69) is 0 Å². The molecule has 0 aromatic heterocycles. The van der Waals surface area contributed by atoms with E-state index in [1.807, 2.05) is 20.8 Å². The third-order valence-corrected chi connectivity index (χ3v) is 2.61. The number of benzene rings is 1. The molecule has 0 saturated carbocycles. The molecular formula is C13H17FO. The van der Waals surface area contributed by atoms with Gasteiger partial charge < -0.3 is 0 Å². The Morgan fingerprint density at radius 2 is 2.00 bits per heavy atom. The average molecular weight is 208 g/mol. The van der Waals surface area contributed by atoms with Gasteiger partial charge >= 0.3 is 0 Å². The van der Waals surface area contributed by atoms with Crippen molar-refractivity contribution in [3.05, 3.63) is 35.1 Å². The van der Waals surface area contributed by atoms with Crippen LogP contribution in [0.3, 0.4) is 0 Å². The third kappa shape index (κ3) is 2.88. The molecule has 0 heterocycles. The Balaban J connectivity index is 3.09. The fourth-order valence-corrected chi connectivity index (χ4v) is 2.10. The molecule has 0 N–H and O–H groups in total. The maximum atomic E-state index is 12.9. The van der Waals surface area contributed by atoms with Gasteiger partial charge in [0, 0.05) is 6.42 Å². The minimum absolute atomic E-state index is 0.156. The molecule has 0 amide bonds. The third-order valence-electron chi connectivity index (χ3n) is 2.61. The van der Waals surface area contributed by atoms with E-state index < -0.39 is 0 Å². The lowest BCUT2D eigenvalue weighted by Crippen LogP contribution is -2.21. The Hall–Kier alpha value is -1.18. The standard InChI is InChI=1S/C13H17FO/c1-9-7-11(14)5-6-12(9)13(3,4)8-10(2)15/h5-7H,8H2,1-4H3. The van der Waals surface area contributed by atoms with Crippen LogP contribution in [0, 0.1) is 12.7 Å². The molecule has 0 bridgehead atoms. The van der Waals surface area contributed by atoms with Gasteiger partial charge in [0.25, 0.3) is 0 Å². The van der Waals surface area contributed by atoms with Crippen LogP contribution in [0.4, 0.5) is 4.39 Å². The van der Waals surface area contributed by atoms with Gasteiger partial charge in [-0.1, -0.05) is 19.9 Å². The number of ketones is 1. The zero-order valence-corrected chi connectivity index (χ0v) is 9.73. The molecular weight excluding hydrogens is 191 g/mol. The first kappa shape index (κ1) is 11.9. The SMILES string of the molecule is CC(=O)CC(C)(C)c1ccc(F)cc1C. The van der Waals surface area contributed by atoms with E-state index in [0.717, 1.165) is 11.1 Å². The molecule has 0 aliphatic rings. The van der Waals surface area contributed by atoms with Gasteiger partial charge in [0.2, 0.25) is 0 Å². The fraction of sp³-hybridized carbons (Fsp3) is 0.462. The summed E-state index contributed by atoms with van der Waals surface area (Å²) in [5.41, 5.74) is 1.73. The molecule has 1 aromatic carbocycles. The van der Waals surface area contributed by atoms with E-state index in [-0.39, 0.29) is 17.0 Å². The fourth-order valence-electron chi connectivity index (χ4n) is 2.10. The van der Waals surface area contributed by atoms with Crippen LogP contribution >= 0.6 is 0 Å². The van der Waals surface area contributed by atoms with Crippen molar-refractivity contribution >= 4 is 5.78 Å². The Labute approximate surface area is 90.3 Å². The molecule has 1 aromatic rings. The van der Waals surface area contributed by atoms with Crippen molar-refractivity contribution in [2.24, 2.45) is 0 Å². The van der Waals surface area contributed by atoms with Crippen molar-refractivity contribution in [1.82, 2.24) is 0 Å². The minimum atomic E-state index is -0.227.